The lowest BCUT2D eigenvalue weighted by molar-refractivity contribution is -0.121. The number of hydrogen-bond acceptors (Lipinski definition) is 4. The highest BCUT2D eigenvalue weighted by Crippen LogP contribution is 2.21. The van der Waals surface area contributed by atoms with E-state index in [2.05, 4.69) is 15.4 Å². The van der Waals surface area contributed by atoms with Crippen LogP contribution in [0.15, 0.2) is 35.4 Å². The molecule has 7 heteroatoms. The fourth-order valence-electron chi connectivity index (χ4n) is 3.52. The lowest BCUT2D eigenvalue weighted by Gasteiger charge is -2.15. The van der Waals surface area contributed by atoms with Crippen LogP contribution in [0.3, 0.4) is 0 Å². The highest BCUT2D eigenvalue weighted by molar-refractivity contribution is 5.77. The van der Waals surface area contributed by atoms with Gasteiger partial charge in [-0.05, 0) is 39.8 Å². The Labute approximate surface area is 158 Å². The molecule has 2 heterocycles. The van der Waals surface area contributed by atoms with Gasteiger partial charge in [0.25, 0.3) is 5.56 Å². The molecule has 0 aliphatic heterocycles. The largest absolute Gasteiger partial charge is 0.349 e. The molecule has 1 atom stereocenters. The molecule has 0 aliphatic rings. The van der Waals surface area contributed by atoms with Crippen LogP contribution in [0, 0.1) is 13.8 Å². The third-order valence-electron chi connectivity index (χ3n) is 4.86. The number of hydrogen-bond donors (Lipinski definition) is 1. The lowest BCUT2D eigenvalue weighted by Crippen LogP contribution is -2.30. The average molecular weight is 367 g/mol. The molecule has 0 saturated heterocycles. The van der Waals surface area contributed by atoms with Gasteiger partial charge in [0.15, 0.2) is 0 Å². The Bertz CT molecular complexity index is 1030. The zero-order valence-corrected chi connectivity index (χ0v) is 16.2. The van der Waals surface area contributed by atoms with Crippen LogP contribution in [0.25, 0.3) is 10.9 Å². The maximum atomic E-state index is 12.5. The van der Waals surface area contributed by atoms with Gasteiger partial charge >= 0.3 is 0 Å². The minimum Gasteiger partial charge on any atom is -0.349 e. The van der Waals surface area contributed by atoms with Crippen LogP contribution in [0.1, 0.15) is 43.3 Å². The average Bonchev–Trinajstić information content (AvgIpc) is 2.95. The van der Waals surface area contributed by atoms with Gasteiger partial charge in [-0.3, -0.25) is 18.8 Å². The Morgan fingerprint density at radius 3 is 2.70 bits per heavy atom. The number of nitrogens with one attached hydrogen (secondary N) is 1. The van der Waals surface area contributed by atoms with Crippen molar-refractivity contribution in [1.82, 2.24) is 24.6 Å². The van der Waals surface area contributed by atoms with Crippen LogP contribution in [-0.4, -0.2) is 25.2 Å². The van der Waals surface area contributed by atoms with Crippen LogP contribution < -0.4 is 10.9 Å². The van der Waals surface area contributed by atoms with E-state index in [9.17, 15) is 9.59 Å². The molecule has 3 rings (SSSR count). The fourth-order valence-corrected chi connectivity index (χ4v) is 3.52. The van der Waals surface area contributed by atoms with Gasteiger partial charge in [0, 0.05) is 30.8 Å². The summed E-state index contributed by atoms with van der Waals surface area (Å²) in [6.45, 7) is 9.06. The predicted octanol–water partition coefficient (Wildman–Crippen LogP) is 2.50. The smallest absolute Gasteiger partial charge is 0.261 e. The van der Waals surface area contributed by atoms with Gasteiger partial charge < -0.3 is 5.32 Å². The number of aryl methyl sites for hydroxylation is 3. The number of aromatic nitrogens is 4. The molecule has 7 nitrogen and oxygen atoms in total. The number of rotatable bonds is 6. The Hall–Kier alpha value is -2.96. The molecule has 0 spiro atoms. The summed E-state index contributed by atoms with van der Waals surface area (Å²) in [5.41, 5.74) is 3.58. The third kappa shape index (κ3) is 3.77. The van der Waals surface area contributed by atoms with E-state index in [0.29, 0.717) is 17.4 Å². The maximum absolute atomic E-state index is 12.5. The number of para-hydroxylation sites is 1. The summed E-state index contributed by atoms with van der Waals surface area (Å²) in [4.78, 5) is 29.2. The molecular formula is C20H25N5O2. The van der Waals surface area contributed by atoms with E-state index in [1.807, 2.05) is 44.5 Å². The predicted molar refractivity (Wildman–Crippen MR) is 105 cm³/mol. The van der Waals surface area contributed by atoms with E-state index in [0.717, 1.165) is 23.5 Å². The van der Waals surface area contributed by atoms with Crippen molar-refractivity contribution < 1.29 is 4.79 Å². The molecule has 2 aromatic heterocycles. The van der Waals surface area contributed by atoms with Gasteiger partial charge in [0.1, 0.15) is 0 Å². The zero-order chi connectivity index (χ0) is 19.6. The molecule has 0 aliphatic carbocycles. The Morgan fingerprint density at radius 2 is 2.00 bits per heavy atom. The minimum atomic E-state index is -0.135. The number of fused-ring (bicyclic) bond motifs is 1. The second-order valence-corrected chi connectivity index (χ2v) is 6.70. The number of nitrogens with zero attached hydrogens (tertiary/aromatic N) is 4. The SMILES string of the molecule is CCn1nc(C)c([C@H](C)NC(=O)CCn2cnc3ccccc3c2=O)c1C. The Kier molecular flexibility index (Phi) is 5.39. The Morgan fingerprint density at radius 1 is 1.26 bits per heavy atom. The standard InChI is InChI=1S/C20H25N5O2/c1-5-25-15(4)19(14(3)23-25)13(2)22-18(26)10-11-24-12-21-17-9-7-6-8-16(17)20(24)27/h6-9,12-13H,5,10-11H2,1-4H3,(H,22,26)/t13-/m0/s1. The first kappa shape index (κ1) is 18.8. The van der Waals surface area contributed by atoms with Crippen molar-refractivity contribution in [3.63, 3.8) is 0 Å². The minimum absolute atomic E-state index is 0.106. The summed E-state index contributed by atoms with van der Waals surface area (Å²) in [5.74, 6) is -0.106. The second-order valence-electron chi connectivity index (χ2n) is 6.70. The van der Waals surface area contributed by atoms with Gasteiger partial charge in [-0.1, -0.05) is 12.1 Å². The summed E-state index contributed by atoms with van der Waals surface area (Å²) in [7, 11) is 0. The van der Waals surface area contributed by atoms with Crippen LogP contribution in [0.5, 0.6) is 0 Å². The van der Waals surface area contributed by atoms with E-state index in [-0.39, 0.29) is 23.9 Å². The molecule has 1 N–H and O–H groups in total. The van der Waals surface area contributed by atoms with Crippen molar-refractivity contribution in [2.75, 3.05) is 0 Å². The molecular weight excluding hydrogens is 342 g/mol. The molecule has 142 valence electrons. The highest BCUT2D eigenvalue weighted by atomic mass is 16.2. The van der Waals surface area contributed by atoms with E-state index in [1.165, 1.54) is 10.9 Å². The summed E-state index contributed by atoms with van der Waals surface area (Å²) in [6.07, 6.45) is 1.71. The van der Waals surface area contributed by atoms with Crippen molar-refractivity contribution in [2.45, 2.75) is 53.2 Å². The Balaban J connectivity index is 1.67. The first-order chi connectivity index (χ1) is 12.9. The molecule has 0 unspecified atom stereocenters. The van der Waals surface area contributed by atoms with Crippen molar-refractivity contribution in [1.29, 1.82) is 0 Å². The molecule has 1 aromatic carbocycles. The van der Waals surface area contributed by atoms with E-state index in [1.54, 1.807) is 12.1 Å². The quantitative estimate of drug-likeness (QED) is 0.726. The number of benzene rings is 1. The normalized spacial score (nSPS) is 12.3. The number of amides is 1. The van der Waals surface area contributed by atoms with Crippen molar-refractivity contribution >= 4 is 16.8 Å². The molecule has 0 saturated carbocycles. The van der Waals surface area contributed by atoms with Gasteiger partial charge in [0.2, 0.25) is 5.91 Å². The monoisotopic (exact) mass is 367 g/mol. The summed E-state index contributed by atoms with van der Waals surface area (Å²) in [5, 5.41) is 8.08. The lowest BCUT2D eigenvalue weighted by atomic mass is 10.1. The molecule has 0 fully saturated rings. The highest BCUT2D eigenvalue weighted by Gasteiger charge is 2.18. The third-order valence-corrected chi connectivity index (χ3v) is 4.86. The maximum Gasteiger partial charge on any atom is 0.261 e. The molecule has 0 bridgehead atoms. The topological polar surface area (TPSA) is 81.8 Å². The number of carbonyl (C=O) groups excluding carboxylic acids is 1. The molecule has 27 heavy (non-hydrogen) atoms. The second kappa shape index (κ2) is 7.73. The van der Waals surface area contributed by atoms with E-state index < -0.39 is 0 Å². The van der Waals surface area contributed by atoms with Gasteiger partial charge in [-0.25, -0.2) is 4.98 Å². The van der Waals surface area contributed by atoms with Crippen LogP contribution in [-0.2, 0) is 17.9 Å². The molecule has 1 amide bonds. The van der Waals surface area contributed by atoms with E-state index >= 15 is 0 Å². The van der Waals surface area contributed by atoms with Gasteiger partial charge in [-0.15, -0.1) is 0 Å². The van der Waals surface area contributed by atoms with Crippen LogP contribution >= 0.6 is 0 Å². The fraction of sp³-hybridized carbons (Fsp3) is 0.400. The van der Waals surface area contributed by atoms with Crippen LogP contribution in [0.4, 0.5) is 0 Å². The summed E-state index contributed by atoms with van der Waals surface area (Å²) in [6, 6.07) is 7.07. The summed E-state index contributed by atoms with van der Waals surface area (Å²) >= 11 is 0. The van der Waals surface area contributed by atoms with Crippen LogP contribution in [0.2, 0.25) is 0 Å². The van der Waals surface area contributed by atoms with Gasteiger partial charge in [-0.2, -0.15) is 5.10 Å². The van der Waals surface area contributed by atoms with Crippen molar-refractivity contribution in [3.05, 3.63) is 57.9 Å². The zero-order valence-electron chi connectivity index (χ0n) is 16.2. The molecule has 0 radical (unpaired) electrons. The van der Waals surface area contributed by atoms with E-state index in [4.69, 9.17) is 0 Å². The molecule has 3 aromatic rings. The first-order valence-electron chi connectivity index (χ1n) is 9.19. The number of carbonyl (C=O) groups is 1. The van der Waals surface area contributed by atoms with Crippen molar-refractivity contribution in [2.24, 2.45) is 0 Å². The summed E-state index contributed by atoms with van der Waals surface area (Å²) < 4.78 is 3.42. The van der Waals surface area contributed by atoms with Gasteiger partial charge in [0.05, 0.1) is 29.0 Å². The van der Waals surface area contributed by atoms with Crippen molar-refractivity contribution in [3.8, 4) is 0 Å². The first-order valence-corrected chi connectivity index (χ1v) is 9.19.